The Hall–Kier alpha value is -5.08. The van der Waals surface area contributed by atoms with Crippen LogP contribution in [0, 0.1) is 20.2 Å². The monoisotopic (exact) mass is 886 g/mol. The Kier molecular flexibility index (Phi) is 11.0. The van der Waals surface area contributed by atoms with Crippen molar-refractivity contribution < 1.29 is 47.7 Å². The standard InChI is InChI=1S/C18H13NO6S2.C12H10O4S2.C6H4BrNO2/c20-19(21)11-3-1-10(2-4-11)16-14-15(25-8-7-24-14)18(27-16)17-13-12(9-26-17)22-5-6-23-13;1-3-15-9-7(13-1)5-17-11(9)12-10-8(6-18-12)14-2-4-16-10;7-5-1-3-6(4-2-5)8(9)10/h1-4,9H,5-8H2;5-6H,1-4H2;1-4H. The molecule has 2 aromatic carbocycles. The van der Waals surface area contributed by atoms with E-state index in [2.05, 4.69) is 15.9 Å². The molecule has 4 aliphatic heterocycles. The van der Waals surface area contributed by atoms with Gasteiger partial charge in [-0.05, 0) is 29.8 Å². The van der Waals surface area contributed by atoms with Gasteiger partial charge >= 0.3 is 0 Å². The number of rotatable bonds is 5. The minimum Gasteiger partial charge on any atom is -0.485 e. The summed E-state index contributed by atoms with van der Waals surface area (Å²) >= 11 is 9.48. The third kappa shape index (κ3) is 7.75. The highest BCUT2D eigenvalue weighted by molar-refractivity contribution is 9.10. The number of ether oxygens (including phenoxy) is 8. The molecule has 0 saturated carbocycles. The Morgan fingerprint density at radius 1 is 0.455 bits per heavy atom. The number of hydrogen-bond acceptors (Lipinski definition) is 16. The van der Waals surface area contributed by atoms with Crippen molar-refractivity contribution in [3.05, 3.63) is 89.4 Å². The van der Waals surface area contributed by atoms with Crippen molar-refractivity contribution in [2.45, 2.75) is 0 Å². The molecule has 0 amide bonds. The van der Waals surface area contributed by atoms with Crippen LogP contribution in [0.25, 0.3) is 29.9 Å². The topological polar surface area (TPSA) is 160 Å². The molecule has 0 bridgehead atoms. The molecule has 55 heavy (non-hydrogen) atoms. The van der Waals surface area contributed by atoms with Crippen molar-refractivity contribution in [2.24, 2.45) is 0 Å². The average Bonchev–Trinajstić information content (AvgIpc) is 4.02. The van der Waals surface area contributed by atoms with E-state index in [1.807, 2.05) is 16.1 Å². The third-order valence-electron chi connectivity index (χ3n) is 8.09. The van der Waals surface area contributed by atoms with Gasteiger partial charge in [0, 0.05) is 44.9 Å². The Bertz CT molecular complexity index is 2280. The number of benzene rings is 2. The van der Waals surface area contributed by atoms with E-state index in [0.717, 1.165) is 68.9 Å². The molecule has 6 aromatic rings. The van der Waals surface area contributed by atoms with Crippen LogP contribution in [0.5, 0.6) is 46.0 Å². The van der Waals surface area contributed by atoms with Gasteiger partial charge in [0.05, 0.1) is 34.2 Å². The smallest absolute Gasteiger partial charge is 0.269 e. The Morgan fingerprint density at radius 3 is 1.22 bits per heavy atom. The second-order valence-electron chi connectivity index (χ2n) is 11.5. The summed E-state index contributed by atoms with van der Waals surface area (Å²) in [6.07, 6.45) is 0. The van der Waals surface area contributed by atoms with Crippen molar-refractivity contribution >= 4 is 72.7 Å². The largest absolute Gasteiger partial charge is 0.485 e. The number of halogens is 1. The van der Waals surface area contributed by atoms with Crippen LogP contribution in [0.4, 0.5) is 11.4 Å². The normalized spacial score (nSPS) is 14.4. The second kappa shape index (κ2) is 16.3. The van der Waals surface area contributed by atoms with Crippen molar-refractivity contribution in [2.75, 3.05) is 52.9 Å². The van der Waals surface area contributed by atoms with E-state index in [-0.39, 0.29) is 11.4 Å². The molecule has 0 fully saturated rings. The van der Waals surface area contributed by atoms with E-state index in [9.17, 15) is 20.2 Å². The molecule has 10 rings (SSSR count). The van der Waals surface area contributed by atoms with Gasteiger partial charge in [-0.2, -0.15) is 0 Å². The third-order valence-corrected chi connectivity index (χ3v) is 13.0. The highest BCUT2D eigenvalue weighted by atomic mass is 79.9. The van der Waals surface area contributed by atoms with Crippen LogP contribution in [0.15, 0.2) is 69.1 Å². The zero-order valence-electron chi connectivity index (χ0n) is 28.3. The molecule has 0 N–H and O–H groups in total. The van der Waals surface area contributed by atoms with Crippen LogP contribution < -0.4 is 37.9 Å². The van der Waals surface area contributed by atoms with Crippen LogP contribution in [0.3, 0.4) is 0 Å². The zero-order valence-corrected chi connectivity index (χ0v) is 33.2. The summed E-state index contributed by atoms with van der Waals surface area (Å²) in [5, 5.41) is 26.9. The van der Waals surface area contributed by atoms with Gasteiger partial charge in [0.2, 0.25) is 0 Å². The summed E-state index contributed by atoms with van der Waals surface area (Å²) in [5.74, 6) is 6.19. The molecule has 0 radical (unpaired) electrons. The van der Waals surface area contributed by atoms with E-state index in [4.69, 9.17) is 37.9 Å². The molecule has 14 nitrogen and oxygen atoms in total. The number of nitro groups is 2. The van der Waals surface area contributed by atoms with Crippen LogP contribution in [-0.4, -0.2) is 62.7 Å². The molecule has 19 heteroatoms. The van der Waals surface area contributed by atoms with Crippen LogP contribution >= 0.6 is 61.3 Å². The lowest BCUT2D eigenvalue weighted by atomic mass is 10.1. The fourth-order valence-electron chi connectivity index (χ4n) is 5.65. The van der Waals surface area contributed by atoms with E-state index in [0.29, 0.717) is 64.4 Å². The van der Waals surface area contributed by atoms with Gasteiger partial charge in [0.25, 0.3) is 11.4 Å². The molecule has 0 atom stereocenters. The minimum absolute atomic E-state index is 0.0550. The number of fused-ring (bicyclic) bond motifs is 4. The first-order valence-corrected chi connectivity index (χ1v) is 20.8. The van der Waals surface area contributed by atoms with Crippen LogP contribution in [0.1, 0.15) is 0 Å². The van der Waals surface area contributed by atoms with Gasteiger partial charge in [-0.3, -0.25) is 20.2 Å². The molecule has 0 spiro atoms. The van der Waals surface area contributed by atoms with Gasteiger partial charge in [-0.15, -0.1) is 45.3 Å². The lowest BCUT2D eigenvalue weighted by Gasteiger charge is -2.18. The van der Waals surface area contributed by atoms with Gasteiger partial charge in [-0.25, -0.2) is 0 Å². The summed E-state index contributed by atoms with van der Waals surface area (Å²) in [7, 11) is 0. The fraction of sp³-hybridized carbons (Fsp3) is 0.222. The molecule has 284 valence electrons. The summed E-state index contributed by atoms with van der Waals surface area (Å²) in [6.45, 7) is 4.42. The first-order valence-electron chi connectivity index (χ1n) is 16.5. The predicted molar refractivity (Wildman–Crippen MR) is 212 cm³/mol. The molecule has 0 aliphatic carbocycles. The Balaban J connectivity index is 0.000000131. The maximum atomic E-state index is 10.9. The molecule has 0 saturated heterocycles. The lowest BCUT2D eigenvalue weighted by Crippen LogP contribution is -2.15. The van der Waals surface area contributed by atoms with E-state index >= 15 is 0 Å². The SMILES string of the molecule is O=[N+]([O-])c1ccc(-c2sc(-c3scc4c3OCCO4)c3c2OCCO3)cc1.O=[N+]([O-])c1ccc(Br)cc1.c1sc(-c2scc3c2OCCO3)c2c1OCCO2. The van der Waals surface area contributed by atoms with Crippen LogP contribution in [0.2, 0.25) is 0 Å². The van der Waals surface area contributed by atoms with Crippen molar-refractivity contribution in [3.8, 4) is 75.9 Å². The van der Waals surface area contributed by atoms with Crippen molar-refractivity contribution in [1.29, 1.82) is 0 Å². The summed E-state index contributed by atoms with van der Waals surface area (Å²) in [5.41, 5.74) is 1.02. The molecule has 8 heterocycles. The highest BCUT2D eigenvalue weighted by Crippen LogP contribution is 2.58. The van der Waals surface area contributed by atoms with Gasteiger partial charge < -0.3 is 37.9 Å². The number of nitro benzene ring substituents is 2. The molecular formula is C36H27BrN2O12S4. The zero-order chi connectivity index (χ0) is 37.9. The second-order valence-corrected chi connectivity index (χ2v) is 16.1. The van der Waals surface area contributed by atoms with Gasteiger partial charge in [0.1, 0.15) is 52.9 Å². The number of nitrogens with zero attached hydrogens (tertiary/aromatic N) is 2. The predicted octanol–water partition coefficient (Wildman–Crippen LogP) is 9.97. The van der Waals surface area contributed by atoms with E-state index in [1.165, 1.54) is 35.6 Å². The van der Waals surface area contributed by atoms with E-state index < -0.39 is 9.85 Å². The van der Waals surface area contributed by atoms with E-state index in [1.54, 1.807) is 58.3 Å². The maximum Gasteiger partial charge on any atom is 0.269 e. The average molecular weight is 888 g/mol. The molecule has 4 aromatic heterocycles. The highest BCUT2D eigenvalue weighted by Gasteiger charge is 2.31. The number of thiophene rings is 4. The van der Waals surface area contributed by atoms with Gasteiger partial charge in [-0.1, -0.05) is 15.9 Å². The number of hydrogen-bond donors (Lipinski definition) is 0. The molecule has 4 aliphatic rings. The Morgan fingerprint density at radius 2 is 0.800 bits per heavy atom. The first kappa shape index (κ1) is 36.9. The number of non-ortho nitro benzene ring substituents is 2. The molecular weight excluding hydrogens is 861 g/mol. The Labute approximate surface area is 336 Å². The fourth-order valence-corrected chi connectivity index (χ4v) is 10.2. The van der Waals surface area contributed by atoms with Crippen molar-refractivity contribution in [1.82, 2.24) is 0 Å². The van der Waals surface area contributed by atoms with Crippen molar-refractivity contribution in [3.63, 3.8) is 0 Å². The van der Waals surface area contributed by atoms with Gasteiger partial charge in [0.15, 0.2) is 46.0 Å². The summed E-state index contributed by atoms with van der Waals surface area (Å²) in [6, 6.07) is 12.6. The summed E-state index contributed by atoms with van der Waals surface area (Å²) < 4.78 is 46.7. The van der Waals surface area contributed by atoms with Crippen LogP contribution in [-0.2, 0) is 0 Å². The molecule has 0 unspecified atom stereocenters. The maximum absolute atomic E-state index is 10.9. The first-order chi connectivity index (χ1) is 26.9. The summed E-state index contributed by atoms with van der Waals surface area (Å²) in [4.78, 5) is 25.1. The minimum atomic E-state index is -0.424. The quantitative estimate of drug-likeness (QED) is 0.119. The lowest BCUT2D eigenvalue weighted by molar-refractivity contribution is -0.385.